The van der Waals surface area contributed by atoms with Crippen LogP contribution in [-0.4, -0.2) is 70.3 Å². The van der Waals surface area contributed by atoms with Gasteiger partial charge in [-0.2, -0.15) is 5.10 Å². The van der Waals surface area contributed by atoms with Gasteiger partial charge in [-0.1, -0.05) is 18.2 Å². The van der Waals surface area contributed by atoms with Crippen LogP contribution in [0.1, 0.15) is 30.3 Å². The number of ether oxygens (including phenoxy) is 1. The average molecular weight is 411 g/mol. The Labute approximate surface area is 174 Å². The smallest absolute Gasteiger partial charge is 0.409 e. The first-order valence-corrected chi connectivity index (χ1v) is 10.2. The Morgan fingerprint density at radius 3 is 2.37 bits per heavy atom. The molecule has 30 heavy (non-hydrogen) atoms. The second-order valence-corrected chi connectivity index (χ2v) is 7.40. The third kappa shape index (κ3) is 4.29. The number of anilines is 1. The van der Waals surface area contributed by atoms with Crippen molar-refractivity contribution in [2.24, 2.45) is 5.92 Å². The highest BCUT2D eigenvalue weighted by Crippen LogP contribution is 2.30. The van der Waals surface area contributed by atoms with Crippen LogP contribution in [0.5, 0.6) is 0 Å². The van der Waals surface area contributed by atoms with E-state index >= 15 is 0 Å². The van der Waals surface area contributed by atoms with Gasteiger partial charge in [-0.05, 0) is 31.9 Å². The van der Waals surface area contributed by atoms with E-state index in [1.54, 1.807) is 27.5 Å². The van der Waals surface area contributed by atoms with E-state index in [-0.39, 0.29) is 29.5 Å². The van der Waals surface area contributed by atoms with Gasteiger partial charge in [0.1, 0.15) is 5.82 Å². The fourth-order valence-electron chi connectivity index (χ4n) is 3.38. The Hall–Kier alpha value is -3.36. The highest BCUT2D eigenvalue weighted by Gasteiger charge is 2.31. The first-order valence-electron chi connectivity index (χ1n) is 10.2. The van der Waals surface area contributed by atoms with Gasteiger partial charge in [0.25, 0.3) is 5.91 Å². The van der Waals surface area contributed by atoms with Crippen LogP contribution in [0.4, 0.5) is 10.6 Å². The molecule has 1 N–H and O–H groups in total. The molecule has 1 saturated carbocycles. The third-order valence-corrected chi connectivity index (χ3v) is 5.22. The highest BCUT2D eigenvalue weighted by atomic mass is 16.6. The molecule has 1 aromatic carbocycles. The van der Waals surface area contributed by atoms with E-state index < -0.39 is 0 Å². The quantitative estimate of drug-likeness (QED) is 0.813. The molecule has 0 radical (unpaired) electrons. The van der Waals surface area contributed by atoms with Crippen LogP contribution in [0.3, 0.4) is 0 Å². The van der Waals surface area contributed by atoms with Crippen molar-refractivity contribution in [1.29, 1.82) is 0 Å². The lowest BCUT2D eigenvalue weighted by Crippen LogP contribution is -2.50. The maximum Gasteiger partial charge on any atom is 0.409 e. The number of hydrogen-bond donors (Lipinski definition) is 1. The Kier molecular flexibility index (Phi) is 5.69. The lowest BCUT2D eigenvalue weighted by Gasteiger charge is -2.33. The standard InChI is InChI=1S/C21H25N5O4/c1-2-30-21(29)25-12-10-24(11-13-25)20(28)17-14-18(22-19(27)15-8-9-15)26(23-17)16-6-4-3-5-7-16/h3-7,14-15H,2,8-13H2,1H3,(H,22,27). The molecule has 1 saturated heterocycles. The predicted octanol–water partition coefficient (Wildman–Crippen LogP) is 2.14. The highest BCUT2D eigenvalue weighted by molar-refractivity contribution is 5.97. The summed E-state index contributed by atoms with van der Waals surface area (Å²) in [7, 11) is 0. The molecule has 3 amide bonds. The molecular formula is C21H25N5O4. The monoisotopic (exact) mass is 411 g/mol. The van der Waals surface area contributed by atoms with Gasteiger partial charge in [-0.3, -0.25) is 9.59 Å². The van der Waals surface area contributed by atoms with Gasteiger partial charge in [0, 0.05) is 38.2 Å². The summed E-state index contributed by atoms with van der Waals surface area (Å²) in [6.07, 6.45) is 1.42. The first kappa shape index (κ1) is 19.9. The molecule has 2 fully saturated rings. The van der Waals surface area contributed by atoms with Crippen LogP contribution in [-0.2, 0) is 9.53 Å². The number of hydrogen-bond acceptors (Lipinski definition) is 5. The molecule has 1 aliphatic carbocycles. The average Bonchev–Trinajstić information content (AvgIpc) is 3.55. The number of carbonyl (C=O) groups is 3. The summed E-state index contributed by atoms with van der Waals surface area (Å²) in [4.78, 5) is 40.4. The maximum atomic E-state index is 13.0. The molecule has 1 aromatic heterocycles. The molecule has 0 spiro atoms. The Balaban J connectivity index is 1.51. The molecule has 158 valence electrons. The van der Waals surface area contributed by atoms with Gasteiger partial charge in [0.05, 0.1) is 12.3 Å². The minimum Gasteiger partial charge on any atom is -0.450 e. The summed E-state index contributed by atoms with van der Waals surface area (Å²) in [5, 5.41) is 7.38. The van der Waals surface area contributed by atoms with Crippen molar-refractivity contribution < 1.29 is 19.1 Å². The Morgan fingerprint density at radius 2 is 1.73 bits per heavy atom. The summed E-state index contributed by atoms with van der Waals surface area (Å²) >= 11 is 0. The van der Waals surface area contributed by atoms with Crippen LogP contribution < -0.4 is 5.32 Å². The number of aromatic nitrogens is 2. The fourth-order valence-corrected chi connectivity index (χ4v) is 3.38. The lowest BCUT2D eigenvalue weighted by molar-refractivity contribution is -0.117. The largest absolute Gasteiger partial charge is 0.450 e. The molecule has 2 aromatic rings. The number of amides is 3. The zero-order valence-corrected chi connectivity index (χ0v) is 16.9. The fraction of sp³-hybridized carbons (Fsp3) is 0.429. The number of benzene rings is 1. The van der Waals surface area contributed by atoms with E-state index in [0.29, 0.717) is 38.6 Å². The van der Waals surface area contributed by atoms with Crippen molar-refractivity contribution in [3.63, 3.8) is 0 Å². The van der Waals surface area contributed by atoms with Gasteiger partial charge in [0.2, 0.25) is 5.91 Å². The maximum absolute atomic E-state index is 13.0. The molecule has 0 unspecified atom stereocenters. The SMILES string of the molecule is CCOC(=O)N1CCN(C(=O)c2cc(NC(=O)C3CC3)n(-c3ccccc3)n2)CC1. The summed E-state index contributed by atoms with van der Waals surface area (Å²) in [6, 6.07) is 11.0. The number of piperazine rings is 1. The molecule has 9 heteroatoms. The van der Waals surface area contributed by atoms with Gasteiger partial charge in [-0.15, -0.1) is 0 Å². The summed E-state index contributed by atoms with van der Waals surface area (Å²) in [5.74, 6) is 0.245. The topological polar surface area (TPSA) is 96.8 Å². The van der Waals surface area contributed by atoms with Gasteiger partial charge in [0.15, 0.2) is 5.69 Å². The molecule has 0 atom stereocenters. The minimum atomic E-state index is -0.358. The van der Waals surface area contributed by atoms with Crippen molar-refractivity contribution >= 4 is 23.7 Å². The van der Waals surface area contributed by atoms with Crippen LogP contribution in [0, 0.1) is 5.92 Å². The van der Waals surface area contributed by atoms with Gasteiger partial charge < -0.3 is 19.9 Å². The summed E-state index contributed by atoms with van der Waals surface area (Å²) < 4.78 is 6.60. The van der Waals surface area contributed by atoms with E-state index in [1.807, 2.05) is 30.3 Å². The molecule has 1 aliphatic heterocycles. The second kappa shape index (κ2) is 8.56. The van der Waals surface area contributed by atoms with Crippen molar-refractivity contribution in [2.75, 3.05) is 38.1 Å². The van der Waals surface area contributed by atoms with Crippen molar-refractivity contribution in [3.8, 4) is 5.69 Å². The van der Waals surface area contributed by atoms with E-state index in [0.717, 1.165) is 18.5 Å². The van der Waals surface area contributed by atoms with Crippen LogP contribution >= 0.6 is 0 Å². The van der Waals surface area contributed by atoms with Crippen molar-refractivity contribution in [3.05, 3.63) is 42.1 Å². The van der Waals surface area contributed by atoms with Crippen molar-refractivity contribution in [1.82, 2.24) is 19.6 Å². The third-order valence-electron chi connectivity index (χ3n) is 5.22. The molecule has 2 heterocycles. The summed E-state index contributed by atoms with van der Waals surface area (Å²) in [6.45, 7) is 3.72. The zero-order chi connectivity index (χ0) is 21.1. The summed E-state index contributed by atoms with van der Waals surface area (Å²) in [5.41, 5.74) is 1.02. The number of carbonyl (C=O) groups excluding carboxylic acids is 3. The number of nitrogens with one attached hydrogen (secondary N) is 1. The molecule has 4 rings (SSSR count). The van der Waals surface area contributed by atoms with E-state index in [1.165, 1.54) is 0 Å². The van der Waals surface area contributed by atoms with Crippen LogP contribution in [0.2, 0.25) is 0 Å². The number of para-hydroxylation sites is 1. The molecule has 2 aliphatic rings. The zero-order valence-electron chi connectivity index (χ0n) is 16.9. The van der Waals surface area contributed by atoms with Crippen LogP contribution in [0.25, 0.3) is 5.69 Å². The minimum absolute atomic E-state index is 0.0410. The van der Waals surface area contributed by atoms with Gasteiger partial charge in [-0.25, -0.2) is 9.48 Å². The first-order chi connectivity index (χ1) is 14.6. The number of rotatable bonds is 5. The van der Waals surface area contributed by atoms with E-state index in [2.05, 4.69) is 10.4 Å². The Morgan fingerprint density at radius 1 is 1.07 bits per heavy atom. The van der Waals surface area contributed by atoms with E-state index in [4.69, 9.17) is 4.74 Å². The number of nitrogens with zero attached hydrogens (tertiary/aromatic N) is 4. The van der Waals surface area contributed by atoms with Crippen LogP contribution in [0.15, 0.2) is 36.4 Å². The lowest BCUT2D eigenvalue weighted by atomic mass is 10.3. The second-order valence-electron chi connectivity index (χ2n) is 7.40. The molecule has 9 nitrogen and oxygen atoms in total. The predicted molar refractivity (Wildman–Crippen MR) is 109 cm³/mol. The molecule has 0 bridgehead atoms. The normalized spacial score (nSPS) is 16.3. The van der Waals surface area contributed by atoms with Crippen molar-refractivity contribution in [2.45, 2.75) is 19.8 Å². The van der Waals surface area contributed by atoms with Gasteiger partial charge >= 0.3 is 6.09 Å². The Bertz CT molecular complexity index is 930. The van der Waals surface area contributed by atoms with E-state index in [9.17, 15) is 14.4 Å². The molecular weight excluding hydrogens is 386 g/mol.